The van der Waals surface area contributed by atoms with Gasteiger partial charge in [0.2, 0.25) is 0 Å². The van der Waals surface area contributed by atoms with Crippen molar-refractivity contribution in [3.8, 4) is 39.0 Å². The number of hydrogen-bond donors (Lipinski definition) is 0. The van der Waals surface area contributed by atoms with Gasteiger partial charge in [-0.05, 0) is 54.4 Å². The van der Waals surface area contributed by atoms with Crippen molar-refractivity contribution < 1.29 is 35.5 Å². The molecule has 0 amide bonds. The van der Waals surface area contributed by atoms with Crippen LogP contribution in [0.4, 0.5) is 30.7 Å². The Kier molecular flexibility index (Phi) is 6.78. The fourth-order valence-electron chi connectivity index (χ4n) is 3.43. The van der Waals surface area contributed by atoms with Crippen LogP contribution < -0.4 is 4.74 Å². The van der Waals surface area contributed by atoms with E-state index < -0.39 is 30.0 Å². The fourth-order valence-corrected chi connectivity index (χ4v) is 4.76. The van der Waals surface area contributed by atoms with Gasteiger partial charge in [-0.25, -0.2) is 18.4 Å². The summed E-state index contributed by atoms with van der Waals surface area (Å²) in [6.45, 7) is 1.78. The molecule has 0 aliphatic carbocycles. The first kappa shape index (κ1) is 26.0. The zero-order valence-electron chi connectivity index (χ0n) is 18.4. The third-order valence-electron chi connectivity index (χ3n) is 5.18. The third-order valence-corrected chi connectivity index (χ3v) is 6.63. The molecule has 4 aromatic rings. The second kappa shape index (κ2) is 9.40. The van der Waals surface area contributed by atoms with E-state index in [2.05, 4.69) is 14.8 Å². The van der Waals surface area contributed by atoms with Gasteiger partial charge >= 0.3 is 12.3 Å². The average molecular weight is 550 g/mol. The van der Waals surface area contributed by atoms with Crippen LogP contribution in [-0.4, -0.2) is 33.2 Å². The van der Waals surface area contributed by atoms with Crippen LogP contribution in [0.3, 0.4) is 0 Å². The highest BCUT2D eigenvalue weighted by Gasteiger charge is 2.59. The average Bonchev–Trinajstić information content (AvgIpc) is 3.35. The Balaban J connectivity index is 1.61. The Hall–Kier alpha value is -3.12. The molecule has 4 rings (SSSR count). The number of aromatic nitrogens is 3. The quantitative estimate of drug-likeness (QED) is 0.230. The molecule has 0 spiro atoms. The lowest BCUT2D eigenvalue weighted by Crippen LogP contribution is -2.45. The Labute approximate surface area is 208 Å². The minimum atomic E-state index is -5.77. The molecule has 0 N–H and O–H groups in total. The number of rotatable bonds is 6. The lowest BCUT2D eigenvalue weighted by Gasteiger charge is -2.23. The van der Waals surface area contributed by atoms with Crippen molar-refractivity contribution in [1.29, 1.82) is 0 Å². The van der Waals surface area contributed by atoms with Crippen molar-refractivity contribution in [2.24, 2.45) is 7.05 Å². The lowest BCUT2D eigenvalue weighted by atomic mass is 10.1. The van der Waals surface area contributed by atoms with Gasteiger partial charge in [0.15, 0.2) is 11.6 Å². The summed E-state index contributed by atoms with van der Waals surface area (Å²) in [5, 5.41) is 6.19. The first-order chi connectivity index (χ1) is 16.8. The standard InChI is InChI=1S/C23H15ClF7N3OS/c1-11-14(20-32-19(33-34(20)2)17-15(24)4-3-5-16(17)25)10-36-18(11)12-6-8-13(9-7-12)35-23(30,31)21(26)22(27,28)29/h3-10,21H,1-2H3. The Morgan fingerprint density at radius 1 is 1.06 bits per heavy atom. The van der Waals surface area contributed by atoms with Gasteiger partial charge in [-0.2, -0.15) is 27.1 Å². The normalized spacial score (nSPS) is 13.2. The largest absolute Gasteiger partial charge is 0.439 e. The van der Waals surface area contributed by atoms with Gasteiger partial charge in [0, 0.05) is 22.9 Å². The van der Waals surface area contributed by atoms with Crippen molar-refractivity contribution in [2.45, 2.75) is 25.4 Å². The molecular formula is C23H15ClF7N3OS. The lowest BCUT2D eigenvalue weighted by molar-refractivity contribution is -0.304. The summed E-state index contributed by atoms with van der Waals surface area (Å²) >= 11 is 7.41. The van der Waals surface area contributed by atoms with E-state index >= 15 is 0 Å². The number of thiophene rings is 1. The number of benzene rings is 2. The molecule has 0 aliphatic rings. The summed E-state index contributed by atoms with van der Waals surface area (Å²) in [4.78, 5) is 5.14. The Morgan fingerprint density at radius 2 is 1.72 bits per heavy atom. The summed E-state index contributed by atoms with van der Waals surface area (Å²) in [7, 11) is 1.63. The van der Waals surface area contributed by atoms with Crippen molar-refractivity contribution in [2.75, 3.05) is 0 Å². The maximum Gasteiger partial charge on any atom is 0.439 e. The molecule has 1 atom stereocenters. The van der Waals surface area contributed by atoms with E-state index in [1.54, 1.807) is 19.4 Å². The predicted molar refractivity (Wildman–Crippen MR) is 121 cm³/mol. The molecular weight excluding hydrogens is 535 g/mol. The van der Waals surface area contributed by atoms with Crippen LogP contribution in [0, 0.1) is 12.7 Å². The topological polar surface area (TPSA) is 39.9 Å². The van der Waals surface area contributed by atoms with Crippen LogP contribution in [0.1, 0.15) is 5.56 Å². The highest BCUT2D eigenvalue weighted by Crippen LogP contribution is 2.40. The monoisotopic (exact) mass is 549 g/mol. The second-order valence-electron chi connectivity index (χ2n) is 7.68. The number of aryl methyl sites for hydroxylation is 1. The van der Waals surface area contributed by atoms with Gasteiger partial charge in [-0.15, -0.1) is 11.3 Å². The molecule has 2 heterocycles. The molecule has 0 aliphatic heterocycles. The molecule has 0 saturated heterocycles. The predicted octanol–water partition coefficient (Wildman–Crippen LogP) is 7.85. The molecule has 4 nitrogen and oxygen atoms in total. The minimum Gasteiger partial charge on any atom is -0.430 e. The SMILES string of the molecule is Cc1c(-c2nc(-c3c(F)cccc3Cl)nn2C)csc1-c1ccc(OC(F)(F)C(F)C(F)(F)F)cc1. The van der Waals surface area contributed by atoms with Crippen LogP contribution in [0.15, 0.2) is 47.8 Å². The highest BCUT2D eigenvalue weighted by atomic mass is 35.5. The van der Waals surface area contributed by atoms with E-state index in [4.69, 9.17) is 11.6 Å². The molecule has 36 heavy (non-hydrogen) atoms. The molecule has 0 saturated carbocycles. The van der Waals surface area contributed by atoms with Gasteiger partial charge in [0.05, 0.1) is 10.6 Å². The minimum absolute atomic E-state index is 0.0579. The van der Waals surface area contributed by atoms with Gasteiger partial charge in [-0.1, -0.05) is 17.7 Å². The molecule has 0 fully saturated rings. The van der Waals surface area contributed by atoms with Crippen molar-refractivity contribution in [3.05, 3.63) is 64.2 Å². The number of alkyl halides is 6. The summed E-state index contributed by atoms with van der Waals surface area (Å²) in [5.41, 5.74) is 2.01. The third kappa shape index (κ3) is 4.92. The summed E-state index contributed by atoms with van der Waals surface area (Å²) < 4.78 is 96.8. The molecule has 2 aromatic carbocycles. The van der Waals surface area contributed by atoms with E-state index in [1.165, 1.54) is 46.4 Å². The maximum atomic E-state index is 14.3. The van der Waals surface area contributed by atoms with E-state index in [-0.39, 0.29) is 16.4 Å². The maximum absolute atomic E-state index is 14.3. The van der Waals surface area contributed by atoms with Crippen LogP contribution in [0.25, 0.3) is 33.2 Å². The first-order valence-corrected chi connectivity index (χ1v) is 11.4. The van der Waals surface area contributed by atoms with E-state index in [9.17, 15) is 30.7 Å². The van der Waals surface area contributed by atoms with Crippen LogP contribution in [0.5, 0.6) is 5.75 Å². The summed E-state index contributed by atoms with van der Waals surface area (Å²) in [6.07, 6.45) is -15.3. The fraction of sp³-hybridized carbons (Fsp3) is 0.217. The van der Waals surface area contributed by atoms with Crippen LogP contribution in [0.2, 0.25) is 5.02 Å². The zero-order valence-corrected chi connectivity index (χ0v) is 20.0. The molecule has 2 aromatic heterocycles. The Bertz CT molecular complexity index is 1380. The molecule has 1 unspecified atom stereocenters. The van der Waals surface area contributed by atoms with Gasteiger partial charge < -0.3 is 4.74 Å². The number of hydrogen-bond acceptors (Lipinski definition) is 4. The highest BCUT2D eigenvalue weighted by molar-refractivity contribution is 7.14. The Morgan fingerprint density at radius 3 is 2.33 bits per heavy atom. The second-order valence-corrected chi connectivity index (χ2v) is 8.96. The van der Waals surface area contributed by atoms with Crippen LogP contribution in [-0.2, 0) is 7.05 Å². The van der Waals surface area contributed by atoms with E-state index in [1.807, 2.05) is 0 Å². The van der Waals surface area contributed by atoms with Crippen molar-refractivity contribution in [3.63, 3.8) is 0 Å². The number of nitrogens with zero attached hydrogens (tertiary/aromatic N) is 3. The van der Waals surface area contributed by atoms with Gasteiger partial charge in [0.25, 0.3) is 6.17 Å². The summed E-state index contributed by atoms with van der Waals surface area (Å²) in [5.74, 6) is -0.699. The first-order valence-electron chi connectivity index (χ1n) is 10.1. The summed E-state index contributed by atoms with van der Waals surface area (Å²) in [6, 6.07) is 8.98. The molecule has 13 heteroatoms. The van der Waals surface area contributed by atoms with Gasteiger partial charge in [0.1, 0.15) is 11.6 Å². The molecule has 0 radical (unpaired) electrons. The zero-order chi connectivity index (χ0) is 26.4. The van der Waals surface area contributed by atoms with E-state index in [0.717, 1.165) is 17.7 Å². The molecule has 190 valence electrons. The number of ether oxygens (including phenoxy) is 1. The smallest absolute Gasteiger partial charge is 0.430 e. The van der Waals surface area contributed by atoms with Crippen LogP contribution >= 0.6 is 22.9 Å². The van der Waals surface area contributed by atoms with Crippen molar-refractivity contribution in [1.82, 2.24) is 14.8 Å². The van der Waals surface area contributed by atoms with Crippen molar-refractivity contribution >= 4 is 22.9 Å². The molecule has 0 bridgehead atoms. The number of halogens is 8. The van der Waals surface area contributed by atoms with Gasteiger partial charge in [-0.3, -0.25) is 0 Å². The van der Waals surface area contributed by atoms with E-state index in [0.29, 0.717) is 21.8 Å².